The Kier molecular flexibility index (Phi) is 3.76. The number of hydrogen-bond donors (Lipinski definition) is 0. The van der Waals surface area contributed by atoms with Crippen LogP contribution in [-0.4, -0.2) is 28.5 Å². The van der Waals surface area contributed by atoms with E-state index in [-0.39, 0.29) is 23.6 Å². The lowest BCUT2D eigenvalue weighted by Crippen LogP contribution is -2.46. The van der Waals surface area contributed by atoms with Crippen molar-refractivity contribution in [2.75, 3.05) is 0 Å². The molecule has 3 rings (SSSR count). The van der Waals surface area contributed by atoms with Crippen molar-refractivity contribution < 1.29 is 9.53 Å². The lowest BCUT2D eigenvalue weighted by atomic mass is 10.0. The predicted octanol–water partition coefficient (Wildman–Crippen LogP) is 3.56. The Morgan fingerprint density at radius 2 is 1.84 bits per heavy atom. The summed E-state index contributed by atoms with van der Waals surface area (Å²) in [6.45, 7) is 0.653. The molecule has 1 amide bonds. The molecule has 2 atom stereocenters. The summed E-state index contributed by atoms with van der Waals surface area (Å²) in [4.78, 5) is 13.2. The van der Waals surface area contributed by atoms with Crippen LogP contribution in [0.15, 0.2) is 30.3 Å². The first kappa shape index (κ1) is 12.9. The third-order valence-electron chi connectivity index (χ3n) is 4.22. The van der Waals surface area contributed by atoms with E-state index in [1.165, 1.54) is 5.56 Å². The Hall–Kier alpha value is -1.06. The van der Waals surface area contributed by atoms with Gasteiger partial charge in [-0.3, -0.25) is 4.79 Å². The molecule has 1 aromatic rings. The van der Waals surface area contributed by atoms with Crippen molar-refractivity contribution >= 4 is 17.0 Å². The molecule has 0 N–H and O–H groups in total. The molecule has 19 heavy (non-hydrogen) atoms. The summed E-state index contributed by atoms with van der Waals surface area (Å²) in [5.74, 6) is 0. The van der Waals surface area contributed by atoms with Crippen molar-refractivity contribution in [2.45, 2.75) is 50.5 Å². The van der Waals surface area contributed by atoms with Crippen LogP contribution in [0, 0.1) is 0 Å². The zero-order valence-electron chi connectivity index (χ0n) is 10.8. The summed E-state index contributed by atoms with van der Waals surface area (Å²) >= 11 is 5.65. The third kappa shape index (κ3) is 2.77. The van der Waals surface area contributed by atoms with Gasteiger partial charge in [0.1, 0.15) is 0 Å². The van der Waals surface area contributed by atoms with Gasteiger partial charge in [0.25, 0.3) is 0 Å². The van der Waals surface area contributed by atoms with Crippen molar-refractivity contribution in [1.29, 1.82) is 0 Å². The quantitative estimate of drug-likeness (QED) is 0.625. The Labute approximate surface area is 118 Å². The average molecular weight is 280 g/mol. The molecule has 4 heteroatoms. The zero-order chi connectivity index (χ0) is 13.2. The average Bonchev–Trinajstić information content (AvgIpc) is 2.70. The van der Waals surface area contributed by atoms with E-state index in [0.29, 0.717) is 6.61 Å². The Morgan fingerprint density at radius 3 is 2.42 bits per heavy atom. The molecular weight excluding hydrogens is 262 g/mol. The fourth-order valence-electron chi connectivity index (χ4n) is 3.34. The van der Waals surface area contributed by atoms with Gasteiger partial charge in [-0.15, -0.1) is 0 Å². The normalized spacial score (nSPS) is 29.5. The van der Waals surface area contributed by atoms with Crippen molar-refractivity contribution in [3.63, 3.8) is 0 Å². The molecule has 0 aliphatic carbocycles. The summed E-state index contributed by atoms with van der Waals surface area (Å²) in [7, 11) is 0. The molecule has 102 valence electrons. The predicted molar refractivity (Wildman–Crippen MR) is 74.2 cm³/mol. The molecule has 0 aromatic heterocycles. The second-order valence-corrected chi connectivity index (χ2v) is 5.76. The van der Waals surface area contributed by atoms with Gasteiger partial charge in [0.2, 0.25) is 0 Å². The van der Waals surface area contributed by atoms with Gasteiger partial charge in [-0.25, -0.2) is 0 Å². The lowest BCUT2D eigenvalue weighted by molar-refractivity contribution is -0.0144. The van der Waals surface area contributed by atoms with E-state index in [9.17, 15) is 4.79 Å². The number of piperidine rings is 1. The van der Waals surface area contributed by atoms with E-state index in [2.05, 4.69) is 12.1 Å². The number of amides is 1. The number of hydrogen-bond acceptors (Lipinski definition) is 2. The minimum absolute atomic E-state index is 0.255. The number of fused-ring (bicyclic) bond motifs is 2. The van der Waals surface area contributed by atoms with Gasteiger partial charge >= 0.3 is 5.37 Å². The maximum atomic E-state index is 11.4. The Balaban J connectivity index is 1.57. The molecule has 2 fully saturated rings. The Morgan fingerprint density at radius 1 is 1.21 bits per heavy atom. The maximum absolute atomic E-state index is 11.4. The molecule has 3 nitrogen and oxygen atoms in total. The van der Waals surface area contributed by atoms with Crippen molar-refractivity contribution in [1.82, 2.24) is 4.90 Å². The van der Waals surface area contributed by atoms with E-state index in [1.54, 1.807) is 0 Å². The number of benzene rings is 1. The highest BCUT2D eigenvalue weighted by Crippen LogP contribution is 2.37. The number of ether oxygens (including phenoxy) is 1. The summed E-state index contributed by atoms with van der Waals surface area (Å²) < 4.78 is 6.00. The highest BCUT2D eigenvalue weighted by Gasteiger charge is 2.43. The van der Waals surface area contributed by atoms with Gasteiger partial charge in [-0.2, -0.15) is 0 Å². The molecule has 2 aliphatic heterocycles. The van der Waals surface area contributed by atoms with Crippen LogP contribution in [0.1, 0.15) is 31.2 Å². The summed E-state index contributed by atoms with van der Waals surface area (Å²) in [5, 5.41) is -0.297. The smallest absolute Gasteiger partial charge is 0.316 e. The van der Waals surface area contributed by atoms with Crippen LogP contribution >= 0.6 is 11.6 Å². The monoisotopic (exact) mass is 279 g/mol. The third-order valence-corrected chi connectivity index (χ3v) is 4.42. The van der Waals surface area contributed by atoms with Gasteiger partial charge in [0, 0.05) is 12.1 Å². The molecule has 2 heterocycles. The van der Waals surface area contributed by atoms with Crippen molar-refractivity contribution in [3.05, 3.63) is 35.9 Å². The zero-order valence-corrected chi connectivity index (χ0v) is 11.6. The van der Waals surface area contributed by atoms with Crippen LogP contribution < -0.4 is 0 Å². The Bertz CT molecular complexity index is 437. The molecule has 0 radical (unpaired) electrons. The highest BCUT2D eigenvalue weighted by molar-refractivity contribution is 6.62. The van der Waals surface area contributed by atoms with E-state index >= 15 is 0 Å². The van der Waals surface area contributed by atoms with Crippen LogP contribution in [0.25, 0.3) is 0 Å². The fourth-order valence-corrected chi connectivity index (χ4v) is 3.61. The second kappa shape index (κ2) is 5.51. The van der Waals surface area contributed by atoms with Gasteiger partial charge < -0.3 is 9.64 Å². The van der Waals surface area contributed by atoms with Crippen LogP contribution in [0.4, 0.5) is 4.79 Å². The molecule has 2 aliphatic rings. The molecule has 0 saturated carbocycles. The maximum Gasteiger partial charge on any atom is 0.316 e. The van der Waals surface area contributed by atoms with Crippen LogP contribution in [0.3, 0.4) is 0 Å². The van der Waals surface area contributed by atoms with Crippen molar-refractivity contribution in [2.24, 2.45) is 0 Å². The van der Waals surface area contributed by atoms with Gasteiger partial charge in [0.15, 0.2) is 0 Å². The minimum Gasteiger partial charge on any atom is -0.373 e. The summed E-state index contributed by atoms with van der Waals surface area (Å²) in [5.41, 5.74) is 1.20. The number of carbonyl (C=O) groups is 1. The van der Waals surface area contributed by atoms with E-state index in [1.807, 2.05) is 23.1 Å². The molecular formula is C15H18ClNO2. The van der Waals surface area contributed by atoms with Crippen LogP contribution in [0.2, 0.25) is 0 Å². The first-order chi connectivity index (χ1) is 9.24. The minimum atomic E-state index is -0.297. The molecule has 2 saturated heterocycles. The topological polar surface area (TPSA) is 29.5 Å². The lowest BCUT2D eigenvalue weighted by Gasteiger charge is -2.37. The fraction of sp³-hybridized carbons (Fsp3) is 0.533. The largest absolute Gasteiger partial charge is 0.373 e. The van der Waals surface area contributed by atoms with Gasteiger partial charge in [-0.1, -0.05) is 30.3 Å². The number of carbonyl (C=O) groups excluding carboxylic acids is 1. The van der Waals surface area contributed by atoms with Crippen LogP contribution in [0.5, 0.6) is 0 Å². The van der Waals surface area contributed by atoms with E-state index in [4.69, 9.17) is 16.3 Å². The summed E-state index contributed by atoms with van der Waals surface area (Å²) in [6.07, 6.45) is 4.22. The number of nitrogens with zero attached hydrogens (tertiary/aromatic N) is 1. The summed E-state index contributed by atoms with van der Waals surface area (Å²) in [6, 6.07) is 10.8. The van der Waals surface area contributed by atoms with E-state index in [0.717, 1.165) is 25.7 Å². The second-order valence-electron chi connectivity index (χ2n) is 5.44. The SMILES string of the molecule is O=C(Cl)N1C2CCC1CC(OCc1ccccc1)C2. The standard InChI is InChI=1S/C15H18ClNO2/c16-15(18)17-12-6-7-13(17)9-14(8-12)19-10-11-4-2-1-3-5-11/h1-5,12-14H,6-10H2. The van der Waals surface area contributed by atoms with Crippen LogP contribution in [-0.2, 0) is 11.3 Å². The van der Waals surface area contributed by atoms with Gasteiger partial charge in [0.05, 0.1) is 12.7 Å². The van der Waals surface area contributed by atoms with E-state index < -0.39 is 0 Å². The molecule has 2 bridgehead atoms. The number of rotatable bonds is 3. The molecule has 1 aromatic carbocycles. The van der Waals surface area contributed by atoms with Crippen molar-refractivity contribution in [3.8, 4) is 0 Å². The highest BCUT2D eigenvalue weighted by atomic mass is 35.5. The first-order valence-electron chi connectivity index (χ1n) is 6.87. The molecule has 0 spiro atoms. The van der Waals surface area contributed by atoms with Gasteiger partial charge in [-0.05, 0) is 42.8 Å². The first-order valence-corrected chi connectivity index (χ1v) is 7.25. The molecule has 2 unspecified atom stereocenters. The number of halogens is 1.